The first-order valence-corrected chi connectivity index (χ1v) is 5.86. The van der Waals surface area contributed by atoms with E-state index in [0.717, 1.165) is 18.6 Å². The molecule has 0 aromatic carbocycles. The van der Waals surface area contributed by atoms with E-state index in [2.05, 4.69) is 0 Å². The molecule has 0 atom stereocenters. The van der Waals surface area contributed by atoms with Gasteiger partial charge in [-0.2, -0.15) is 0 Å². The molecule has 3 heteroatoms. The zero-order chi connectivity index (χ0) is 11.2. The van der Waals surface area contributed by atoms with Crippen LogP contribution in [0.25, 0.3) is 0 Å². The van der Waals surface area contributed by atoms with Crippen LogP contribution in [0.4, 0.5) is 0 Å². The Balaban J connectivity index is 2.21. The molecule has 0 aromatic heterocycles. The molecule has 1 aliphatic heterocycles. The highest BCUT2D eigenvalue weighted by Crippen LogP contribution is 2.31. The number of ether oxygens (including phenoxy) is 2. The highest BCUT2D eigenvalue weighted by Gasteiger charge is 2.17. The van der Waals surface area contributed by atoms with E-state index in [1.54, 1.807) is 12.3 Å². The van der Waals surface area contributed by atoms with Crippen molar-refractivity contribution in [1.29, 1.82) is 0 Å². The molecule has 88 valence electrons. The molecule has 0 amide bonds. The van der Waals surface area contributed by atoms with E-state index in [0.29, 0.717) is 13.2 Å². The molecule has 0 saturated carbocycles. The summed E-state index contributed by atoms with van der Waals surface area (Å²) in [5, 5.41) is 8.81. The quantitative estimate of drug-likeness (QED) is 0.796. The van der Waals surface area contributed by atoms with Crippen molar-refractivity contribution in [1.82, 2.24) is 0 Å². The van der Waals surface area contributed by atoms with Crippen molar-refractivity contribution in [2.24, 2.45) is 0 Å². The molecule has 1 N–H and O–H groups in total. The fraction of sp³-hybridized carbons (Fsp3) is 0.538. The molecule has 1 heterocycles. The van der Waals surface area contributed by atoms with Crippen molar-refractivity contribution in [3.05, 3.63) is 35.3 Å². The van der Waals surface area contributed by atoms with E-state index < -0.39 is 0 Å². The van der Waals surface area contributed by atoms with E-state index in [4.69, 9.17) is 14.6 Å². The monoisotopic (exact) mass is 222 g/mol. The highest BCUT2D eigenvalue weighted by atomic mass is 16.6. The number of aliphatic hydroxyl groups excluding tert-OH is 1. The van der Waals surface area contributed by atoms with Crippen LogP contribution in [0.15, 0.2) is 35.3 Å². The van der Waals surface area contributed by atoms with E-state index in [9.17, 15) is 0 Å². The Hall–Kier alpha value is -1.22. The van der Waals surface area contributed by atoms with Gasteiger partial charge in [-0.3, -0.25) is 0 Å². The summed E-state index contributed by atoms with van der Waals surface area (Å²) in [4.78, 5) is 0. The van der Waals surface area contributed by atoms with Crippen molar-refractivity contribution in [2.45, 2.75) is 25.7 Å². The average Bonchev–Trinajstić information content (AvgIpc) is 2.38. The molecule has 0 fully saturated rings. The van der Waals surface area contributed by atoms with Gasteiger partial charge in [0.05, 0.1) is 6.61 Å². The Kier molecular flexibility index (Phi) is 4.05. The van der Waals surface area contributed by atoms with Gasteiger partial charge in [0.25, 0.3) is 0 Å². The lowest BCUT2D eigenvalue weighted by atomic mass is 9.90. The maximum atomic E-state index is 8.81. The lowest BCUT2D eigenvalue weighted by Gasteiger charge is -2.23. The minimum absolute atomic E-state index is 0.0905. The second-order valence-electron chi connectivity index (χ2n) is 4.00. The topological polar surface area (TPSA) is 38.7 Å². The third-order valence-electron chi connectivity index (χ3n) is 2.88. The number of hydrogen-bond acceptors (Lipinski definition) is 3. The minimum Gasteiger partial charge on any atom is -0.494 e. The van der Waals surface area contributed by atoms with Gasteiger partial charge >= 0.3 is 0 Å². The van der Waals surface area contributed by atoms with Gasteiger partial charge in [-0.05, 0) is 31.3 Å². The molecule has 0 bridgehead atoms. The molecule has 0 spiro atoms. The Morgan fingerprint density at radius 1 is 1.25 bits per heavy atom. The number of allylic oxidation sites excluding steroid dienone is 3. The van der Waals surface area contributed by atoms with Gasteiger partial charge in [-0.25, -0.2) is 0 Å². The fourth-order valence-corrected chi connectivity index (χ4v) is 2.12. The molecule has 1 aliphatic carbocycles. The van der Waals surface area contributed by atoms with Crippen LogP contribution < -0.4 is 0 Å². The van der Waals surface area contributed by atoms with Crippen molar-refractivity contribution >= 4 is 0 Å². The maximum absolute atomic E-state index is 8.81. The fourth-order valence-electron chi connectivity index (χ4n) is 2.12. The summed E-state index contributed by atoms with van der Waals surface area (Å²) in [7, 11) is 0. The van der Waals surface area contributed by atoms with Crippen LogP contribution >= 0.6 is 0 Å². The summed E-state index contributed by atoms with van der Waals surface area (Å²) >= 11 is 0. The van der Waals surface area contributed by atoms with Crippen LogP contribution in [0.2, 0.25) is 0 Å². The van der Waals surface area contributed by atoms with E-state index in [-0.39, 0.29) is 6.61 Å². The first-order valence-electron chi connectivity index (χ1n) is 5.86. The first kappa shape index (κ1) is 11.3. The number of rotatable bonds is 3. The molecule has 0 radical (unpaired) electrons. The zero-order valence-corrected chi connectivity index (χ0v) is 9.45. The third kappa shape index (κ3) is 2.67. The van der Waals surface area contributed by atoms with E-state index in [1.807, 2.05) is 6.08 Å². The van der Waals surface area contributed by atoms with Crippen molar-refractivity contribution < 1.29 is 14.6 Å². The zero-order valence-electron chi connectivity index (χ0n) is 9.45. The summed E-state index contributed by atoms with van der Waals surface area (Å²) < 4.78 is 10.9. The Bertz CT molecular complexity index is 326. The van der Waals surface area contributed by atoms with Gasteiger partial charge in [0, 0.05) is 5.57 Å². The second kappa shape index (κ2) is 5.75. The smallest absolute Gasteiger partial charge is 0.157 e. The van der Waals surface area contributed by atoms with Crippen LogP contribution in [-0.4, -0.2) is 24.9 Å². The van der Waals surface area contributed by atoms with Crippen molar-refractivity contribution in [3.63, 3.8) is 0 Å². The minimum atomic E-state index is 0.0905. The summed E-state index contributed by atoms with van der Waals surface area (Å²) in [6.07, 6.45) is 10.0. The summed E-state index contributed by atoms with van der Waals surface area (Å²) in [6, 6.07) is 0. The van der Waals surface area contributed by atoms with Crippen LogP contribution in [-0.2, 0) is 9.47 Å². The Morgan fingerprint density at radius 2 is 2.12 bits per heavy atom. The van der Waals surface area contributed by atoms with Crippen LogP contribution in [0, 0.1) is 0 Å². The molecule has 3 nitrogen and oxygen atoms in total. The van der Waals surface area contributed by atoms with Gasteiger partial charge in [0.2, 0.25) is 0 Å². The van der Waals surface area contributed by atoms with Gasteiger partial charge < -0.3 is 14.6 Å². The highest BCUT2D eigenvalue weighted by molar-refractivity contribution is 5.38. The summed E-state index contributed by atoms with van der Waals surface area (Å²) in [5.41, 5.74) is 2.52. The van der Waals surface area contributed by atoms with Gasteiger partial charge in [0.1, 0.15) is 19.5 Å². The molecule has 0 saturated heterocycles. The van der Waals surface area contributed by atoms with Crippen LogP contribution in [0.1, 0.15) is 25.7 Å². The largest absolute Gasteiger partial charge is 0.494 e. The van der Waals surface area contributed by atoms with E-state index >= 15 is 0 Å². The molecule has 0 aromatic rings. The SMILES string of the molecule is OC/C=C/C1=C(C2=COCCO2)CCCC1. The van der Waals surface area contributed by atoms with Crippen LogP contribution in [0.3, 0.4) is 0 Å². The predicted molar refractivity (Wildman–Crippen MR) is 61.7 cm³/mol. The maximum Gasteiger partial charge on any atom is 0.157 e. The molecule has 2 aliphatic rings. The third-order valence-corrected chi connectivity index (χ3v) is 2.88. The predicted octanol–water partition coefficient (Wildman–Crippen LogP) is 2.29. The second-order valence-corrected chi connectivity index (χ2v) is 4.00. The molecule has 16 heavy (non-hydrogen) atoms. The molecule has 0 unspecified atom stereocenters. The van der Waals surface area contributed by atoms with E-state index in [1.165, 1.54) is 24.0 Å². The average molecular weight is 222 g/mol. The molecular formula is C13H18O3. The first-order chi connectivity index (χ1) is 7.92. The number of aliphatic hydroxyl groups is 1. The summed E-state index contributed by atoms with van der Waals surface area (Å²) in [5.74, 6) is 0.878. The molecular weight excluding hydrogens is 204 g/mol. The van der Waals surface area contributed by atoms with Crippen LogP contribution in [0.5, 0.6) is 0 Å². The number of hydrogen-bond donors (Lipinski definition) is 1. The lowest BCUT2D eigenvalue weighted by molar-refractivity contribution is 0.0881. The molecule has 2 rings (SSSR count). The van der Waals surface area contributed by atoms with Gasteiger partial charge in [-0.1, -0.05) is 12.2 Å². The standard InChI is InChI=1S/C13H18O3/c14-7-3-5-11-4-1-2-6-12(11)13-10-15-8-9-16-13/h3,5,10,14H,1-2,4,6-9H2/b5-3+. The Morgan fingerprint density at radius 3 is 2.88 bits per heavy atom. The van der Waals surface area contributed by atoms with Crippen molar-refractivity contribution in [3.8, 4) is 0 Å². The van der Waals surface area contributed by atoms with Gasteiger partial charge in [-0.15, -0.1) is 0 Å². The summed E-state index contributed by atoms with van der Waals surface area (Å²) in [6.45, 7) is 1.36. The van der Waals surface area contributed by atoms with Gasteiger partial charge in [0.15, 0.2) is 5.76 Å². The van der Waals surface area contributed by atoms with Crippen molar-refractivity contribution in [2.75, 3.05) is 19.8 Å². The lowest BCUT2D eigenvalue weighted by Crippen LogP contribution is -2.12. The Labute approximate surface area is 96.1 Å². The normalized spacial score (nSPS) is 21.7.